The molecule has 1 amide bonds. The second-order valence-corrected chi connectivity index (χ2v) is 5.20. The molecule has 0 fully saturated rings. The van der Waals surface area contributed by atoms with Gasteiger partial charge in [0, 0.05) is 0 Å². The third kappa shape index (κ3) is 3.68. The van der Waals surface area contributed by atoms with E-state index in [1.54, 1.807) is 12.2 Å². The van der Waals surface area contributed by atoms with Gasteiger partial charge in [0.2, 0.25) is 5.91 Å². The summed E-state index contributed by atoms with van der Waals surface area (Å²) in [5.74, 6) is -3.83. The average molecular weight is 319 g/mol. The van der Waals surface area contributed by atoms with E-state index in [1.807, 2.05) is 0 Å². The summed E-state index contributed by atoms with van der Waals surface area (Å²) in [4.78, 5) is 34.7. The highest BCUT2D eigenvalue weighted by Gasteiger charge is 2.34. The summed E-state index contributed by atoms with van der Waals surface area (Å²) in [5, 5.41) is 20.8. The minimum absolute atomic E-state index is 0.000533. The molecule has 0 saturated heterocycles. The smallest absolute Gasteiger partial charge is 0.335 e. The van der Waals surface area contributed by atoms with Crippen molar-refractivity contribution in [3.8, 4) is 5.75 Å². The summed E-state index contributed by atoms with van der Waals surface area (Å²) in [6.45, 7) is 0. The number of methoxy groups -OCH3 is 1. The van der Waals surface area contributed by atoms with Crippen LogP contribution in [0.25, 0.3) is 0 Å². The number of anilines is 1. The lowest BCUT2D eigenvalue weighted by atomic mass is 9.82. The van der Waals surface area contributed by atoms with Crippen LogP contribution in [-0.2, 0) is 9.59 Å². The van der Waals surface area contributed by atoms with Crippen LogP contribution in [0.15, 0.2) is 30.4 Å². The Morgan fingerprint density at radius 2 is 1.78 bits per heavy atom. The molecule has 2 atom stereocenters. The van der Waals surface area contributed by atoms with Crippen molar-refractivity contribution in [3.05, 3.63) is 35.9 Å². The molecule has 0 aliphatic heterocycles. The number of ether oxygens (including phenoxy) is 1. The first kappa shape index (κ1) is 16.5. The van der Waals surface area contributed by atoms with Crippen LogP contribution in [0.4, 0.5) is 5.69 Å². The summed E-state index contributed by atoms with van der Waals surface area (Å²) < 4.78 is 5.10. The van der Waals surface area contributed by atoms with E-state index in [4.69, 9.17) is 9.84 Å². The Bertz CT molecular complexity index is 667. The van der Waals surface area contributed by atoms with Crippen LogP contribution in [0.3, 0.4) is 0 Å². The second-order valence-electron chi connectivity index (χ2n) is 5.20. The van der Waals surface area contributed by atoms with E-state index in [-0.39, 0.29) is 11.3 Å². The first-order chi connectivity index (χ1) is 10.9. The SMILES string of the molecule is COc1ccc(C(=O)O)cc1NC(=O)C1CC=CCC1C(=O)O. The number of rotatable bonds is 5. The van der Waals surface area contributed by atoms with Crippen molar-refractivity contribution >= 4 is 23.5 Å². The zero-order chi connectivity index (χ0) is 17.0. The van der Waals surface area contributed by atoms with E-state index in [1.165, 1.54) is 25.3 Å². The summed E-state index contributed by atoms with van der Waals surface area (Å²) in [5.41, 5.74) is 0.204. The Labute approximate surface area is 132 Å². The van der Waals surface area contributed by atoms with Crippen molar-refractivity contribution in [1.29, 1.82) is 0 Å². The summed E-state index contributed by atoms with van der Waals surface area (Å²) in [6, 6.07) is 4.09. The molecule has 7 nitrogen and oxygen atoms in total. The molecule has 0 radical (unpaired) electrons. The molecule has 0 heterocycles. The van der Waals surface area contributed by atoms with Crippen LogP contribution < -0.4 is 10.1 Å². The predicted molar refractivity (Wildman–Crippen MR) is 81.6 cm³/mol. The zero-order valence-electron chi connectivity index (χ0n) is 12.5. The highest BCUT2D eigenvalue weighted by molar-refractivity contribution is 5.98. The van der Waals surface area contributed by atoms with Crippen molar-refractivity contribution in [2.75, 3.05) is 12.4 Å². The number of allylic oxidation sites excluding steroid dienone is 2. The number of hydrogen-bond acceptors (Lipinski definition) is 4. The van der Waals surface area contributed by atoms with Crippen LogP contribution in [0.5, 0.6) is 5.75 Å². The summed E-state index contributed by atoms with van der Waals surface area (Å²) >= 11 is 0. The number of benzene rings is 1. The van der Waals surface area contributed by atoms with Crippen LogP contribution in [0.1, 0.15) is 23.2 Å². The average Bonchev–Trinajstić information content (AvgIpc) is 2.54. The van der Waals surface area contributed by atoms with Crippen LogP contribution in [0, 0.1) is 11.8 Å². The largest absolute Gasteiger partial charge is 0.495 e. The maximum Gasteiger partial charge on any atom is 0.335 e. The number of nitrogens with one attached hydrogen (secondary N) is 1. The first-order valence-corrected chi connectivity index (χ1v) is 7.04. The van der Waals surface area contributed by atoms with Crippen LogP contribution in [-0.4, -0.2) is 35.2 Å². The van der Waals surface area contributed by atoms with Gasteiger partial charge in [0.15, 0.2) is 0 Å². The van der Waals surface area contributed by atoms with E-state index < -0.39 is 29.7 Å². The molecule has 2 rings (SSSR count). The molecule has 1 aliphatic rings. The van der Waals surface area contributed by atoms with Gasteiger partial charge in [-0.2, -0.15) is 0 Å². The van der Waals surface area contributed by atoms with E-state index in [0.29, 0.717) is 18.6 Å². The molecule has 1 aromatic rings. The van der Waals surface area contributed by atoms with Gasteiger partial charge in [-0.05, 0) is 31.0 Å². The molecule has 2 unspecified atom stereocenters. The lowest BCUT2D eigenvalue weighted by molar-refractivity contribution is -0.146. The van der Waals surface area contributed by atoms with E-state index in [2.05, 4.69) is 5.32 Å². The molecule has 0 saturated carbocycles. The molecular weight excluding hydrogens is 302 g/mol. The molecule has 1 aromatic carbocycles. The van der Waals surface area contributed by atoms with Crippen molar-refractivity contribution in [2.45, 2.75) is 12.8 Å². The quantitative estimate of drug-likeness (QED) is 0.715. The number of carbonyl (C=O) groups is 3. The number of carboxylic acid groups (broad SMARTS) is 2. The fourth-order valence-electron chi connectivity index (χ4n) is 2.54. The van der Waals surface area contributed by atoms with Crippen molar-refractivity contribution in [1.82, 2.24) is 0 Å². The summed E-state index contributed by atoms with van der Waals surface area (Å²) in [6.07, 6.45) is 4.13. The fraction of sp³-hybridized carbons (Fsp3) is 0.312. The van der Waals surface area contributed by atoms with Crippen LogP contribution in [0.2, 0.25) is 0 Å². The molecule has 122 valence electrons. The summed E-state index contributed by atoms with van der Waals surface area (Å²) in [7, 11) is 1.40. The normalized spacial score (nSPS) is 19.9. The van der Waals surface area contributed by atoms with Gasteiger partial charge >= 0.3 is 11.9 Å². The van der Waals surface area contributed by atoms with Gasteiger partial charge in [0.05, 0.1) is 30.2 Å². The Balaban J connectivity index is 2.25. The van der Waals surface area contributed by atoms with Crippen molar-refractivity contribution < 1.29 is 29.3 Å². The van der Waals surface area contributed by atoms with E-state index in [0.717, 1.165) is 0 Å². The number of aliphatic carboxylic acids is 1. The van der Waals surface area contributed by atoms with Gasteiger partial charge in [-0.15, -0.1) is 0 Å². The number of carbonyl (C=O) groups excluding carboxylic acids is 1. The Hall–Kier alpha value is -2.83. The molecule has 1 aliphatic carbocycles. The fourth-order valence-corrected chi connectivity index (χ4v) is 2.54. The van der Waals surface area contributed by atoms with Gasteiger partial charge in [-0.3, -0.25) is 9.59 Å². The van der Waals surface area contributed by atoms with E-state index >= 15 is 0 Å². The number of aromatic carboxylic acids is 1. The van der Waals surface area contributed by atoms with Gasteiger partial charge in [0.1, 0.15) is 5.75 Å². The predicted octanol–water partition coefficient (Wildman–Crippen LogP) is 2.00. The maximum absolute atomic E-state index is 12.4. The van der Waals surface area contributed by atoms with Gasteiger partial charge in [-0.25, -0.2) is 4.79 Å². The molecule has 0 spiro atoms. The minimum atomic E-state index is -1.13. The molecule has 0 bridgehead atoms. The lowest BCUT2D eigenvalue weighted by Gasteiger charge is -2.24. The molecule has 0 aromatic heterocycles. The Morgan fingerprint density at radius 1 is 1.13 bits per heavy atom. The monoisotopic (exact) mass is 319 g/mol. The highest BCUT2D eigenvalue weighted by atomic mass is 16.5. The third-order valence-electron chi connectivity index (χ3n) is 3.79. The second kappa shape index (κ2) is 6.95. The van der Waals surface area contributed by atoms with Crippen molar-refractivity contribution in [2.24, 2.45) is 11.8 Å². The molecule has 3 N–H and O–H groups in total. The highest BCUT2D eigenvalue weighted by Crippen LogP contribution is 2.30. The Morgan fingerprint density at radius 3 is 2.35 bits per heavy atom. The molecule has 7 heteroatoms. The maximum atomic E-state index is 12.4. The topological polar surface area (TPSA) is 113 Å². The van der Waals surface area contributed by atoms with Gasteiger partial charge in [-0.1, -0.05) is 12.2 Å². The Kier molecular flexibility index (Phi) is 5.00. The molecule has 23 heavy (non-hydrogen) atoms. The number of carboxylic acids is 2. The van der Waals surface area contributed by atoms with Crippen molar-refractivity contribution in [3.63, 3.8) is 0 Å². The third-order valence-corrected chi connectivity index (χ3v) is 3.79. The van der Waals surface area contributed by atoms with Gasteiger partial charge in [0.25, 0.3) is 0 Å². The zero-order valence-corrected chi connectivity index (χ0v) is 12.5. The molecular formula is C16H17NO6. The first-order valence-electron chi connectivity index (χ1n) is 7.04. The number of amides is 1. The number of hydrogen-bond donors (Lipinski definition) is 3. The van der Waals surface area contributed by atoms with E-state index in [9.17, 15) is 19.5 Å². The standard InChI is InChI=1S/C16H17NO6/c1-23-13-7-6-9(15(19)20)8-12(13)17-14(18)10-4-2-3-5-11(10)16(21)22/h2-3,6-8,10-11H,4-5H2,1H3,(H,17,18)(H,19,20)(H,21,22). The van der Waals surface area contributed by atoms with Crippen LogP contribution >= 0.6 is 0 Å². The van der Waals surface area contributed by atoms with Gasteiger partial charge < -0.3 is 20.3 Å². The lowest BCUT2D eigenvalue weighted by Crippen LogP contribution is -2.34. The minimum Gasteiger partial charge on any atom is -0.495 e.